The summed E-state index contributed by atoms with van der Waals surface area (Å²) < 4.78 is 49.6. The number of hydrogen-bond acceptors (Lipinski definition) is 6. The Morgan fingerprint density at radius 3 is 2.35 bits per heavy atom. The molecule has 2 N–H and O–H groups in total. The van der Waals surface area contributed by atoms with Crippen LogP contribution in [0.2, 0.25) is 0 Å². The third-order valence-corrected chi connectivity index (χ3v) is 6.17. The maximum absolute atomic E-state index is 12.9. The lowest BCUT2D eigenvalue weighted by atomic mass is 10.1. The normalized spacial score (nSPS) is 15.2. The number of rotatable bonds is 7. The second-order valence-electron chi connectivity index (χ2n) is 8.49. The predicted molar refractivity (Wildman–Crippen MR) is 131 cm³/mol. The predicted octanol–water partition coefficient (Wildman–Crippen LogP) is 3.93. The van der Waals surface area contributed by atoms with Crippen molar-refractivity contribution >= 4 is 23.2 Å². The quantitative estimate of drug-likeness (QED) is 0.463. The van der Waals surface area contributed by atoms with Gasteiger partial charge in [0.15, 0.2) is 0 Å². The molecule has 0 saturated carbocycles. The van der Waals surface area contributed by atoms with Crippen LogP contribution in [0.3, 0.4) is 0 Å². The Morgan fingerprint density at radius 2 is 1.73 bits per heavy atom. The number of anilines is 2. The molecule has 1 atom stereocenters. The van der Waals surface area contributed by atoms with Crippen molar-refractivity contribution in [1.82, 2.24) is 10.2 Å². The van der Waals surface area contributed by atoms with Crippen LogP contribution in [0.25, 0.3) is 0 Å². The van der Waals surface area contributed by atoms with E-state index >= 15 is 0 Å². The second kappa shape index (κ2) is 11.4. The molecule has 0 radical (unpaired) electrons. The molecule has 1 saturated heterocycles. The van der Waals surface area contributed by atoms with Gasteiger partial charge >= 0.3 is 18.0 Å². The topological polar surface area (TPSA) is 87.0 Å². The molecule has 1 aliphatic heterocycles. The van der Waals surface area contributed by atoms with E-state index in [1.54, 1.807) is 19.2 Å². The van der Waals surface area contributed by atoms with Gasteiger partial charge in [-0.15, -0.1) is 0 Å². The van der Waals surface area contributed by atoms with Crippen LogP contribution in [-0.2, 0) is 15.8 Å². The van der Waals surface area contributed by atoms with E-state index < -0.39 is 23.6 Å². The Morgan fingerprint density at radius 1 is 1.00 bits per heavy atom. The van der Waals surface area contributed by atoms with E-state index in [-0.39, 0.29) is 18.3 Å². The van der Waals surface area contributed by atoms with E-state index in [1.807, 2.05) is 24.3 Å². The minimum atomic E-state index is -4.56. The molecule has 1 fully saturated rings. The standard InChI is InChI=1S/C26H27F3N4O4/c1-36-21-9-7-20(8-10-21)32-11-13-33(14-12-32)22(23-6-3-15-37-23)17-30-24(34)25(35)31-19-5-2-4-18(16-19)26(27,28)29/h2-10,15-16,22H,11-14,17H2,1H3,(H,30,34)(H,31,35). The molecule has 8 nitrogen and oxygen atoms in total. The van der Waals surface area contributed by atoms with Gasteiger partial charge in [-0.05, 0) is 54.6 Å². The van der Waals surface area contributed by atoms with Crippen molar-refractivity contribution in [2.75, 3.05) is 50.1 Å². The van der Waals surface area contributed by atoms with Gasteiger partial charge < -0.3 is 24.7 Å². The summed E-state index contributed by atoms with van der Waals surface area (Å²) in [6.45, 7) is 2.94. The number of alkyl halides is 3. The SMILES string of the molecule is COc1ccc(N2CCN(C(CNC(=O)C(=O)Nc3cccc(C(F)(F)F)c3)c3ccco3)CC2)cc1. The van der Waals surface area contributed by atoms with Gasteiger partial charge in [-0.25, -0.2) is 0 Å². The molecule has 2 heterocycles. The summed E-state index contributed by atoms with van der Waals surface area (Å²) in [4.78, 5) is 29.2. The van der Waals surface area contributed by atoms with Gasteiger partial charge in [-0.3, -0.25) is 14.5 Å². The zero-order valence-corrected chi connectivity index (χ0v) is 20.1. The van der Waals surface area contributed by atoms with Gasteiger partial charge in [0.2, 0.25) is 0 Å². The van der Waals surface area contributed by atoms with E-state index in [4.69, 9.17) is 9.15 Å². The fraction of sp³-hybridized carbons (Fsp3) is 0.308. The van der Waals surface area contributed by atoms with Gasteiger partial charge in [0.05, 0.1) is 25.0 Å². The molecule has 1 aliphatic rings. The third-order valence-electron chi connectivity index (χ3n) is 6.17. The lowest BCUT2D eigenvalue weighted by molar-refractivity contribution is -0.137. The van der Waals surface area contributed by atoms with E-state index in [0.717, 1.165) is 42.7 Å². The highest BCUT2D eigenvalue weighted by atomic mass is 19.4. The Kier molecular flexibility index (Phi) is 8.02. The zero-order chi connectivity index (χ0) is 26.4. The van der Waals surface area contributed by atoms with Crippen molar-refractivity contribution in [3.8, 4) is 5.75 Å². The largest absolute Gasteiger partial charge is 0.497 e. The minimum absolute atomic E-state index is 0.0882. The van der Waals surface area contributed by atoms with E-state index in [0.29, 0.717) is 18.8 Å². The average Bonchev–Trinajstić information content (AvgIpc) is 3.43. The van der Waals surface area contributed by atoms with Crippen molar-refractivity contribution in [3.05, 3.63) is 78.3 Å². The summed E-state index contributed by atoms with van der Waals surface area (Å²) in [6, 6.07) is 15.2. The summed E-state index contributed by atoms with van der Waals surface area (Å²) >= 11 is 0. The first-order valence-corrected chi connectivity index (χ1v) is 11.7. The molecule has 2 aromatic carbocycles. The minimum Gasteiger partial charge on any atom is -0.497 e. The Balaban J connectivity index is 1.35. The molecule has 3 aromatic rings. The van der Waals surface area contributed by atoms with Crippen LogP contribution < -0.4 is 20.3 Å². The van der Waals surface area contributed by atoms with E-state index in [1.165, 1.54) is 12.3 Å². The van der Waals surface area contributed by atoms with Gasteiger partial charge in [-0.1, -0.05) is 6.07 Å². The highest BCUT2D eigenvalue weighted by Crippen LogP contribution is 2.30. The Bertz CT molecular complexity index is 1190. The van der Waals surface area contributed by atoms with Crippen molar-refractivity contribution < 1.29 is 31.9 Å². The Hall–Kier alpha value is -3.99. The first-order valence-electron chi connectivity index (χ1n) is 11.7. The van der Waals surface area contributed by atoms with Crippen LogP contribution in [0.5, 0.6) is 5.75 Å². The van der Waals surface area contributed by atoms with Crippen molar-refractivity contribution in [2.24, 2.45) is 0 Å². The highest BCUT2D eigenvalue weighted by Gasteiger charge is 2.31. The zero-order valence-electron chi connectivity index (χ0n) is 20.1. The number of hydrogen-bond donors (Lipinski definition) is 2. The molecule has 0 spiro atoms. The lowest BCUT2D eigenvalue weighted by Gasteiger charge is -2.39. The molecule has 37 heavy (non-hydrogen) atoms. The summed E-state index contributed by atoms with van der Waals surface area (Å²) in [5.41, 5.74) is 0.0409. The summed E-state index contributed by atoms with van der Waals surface area (Å²) in [5, 5.41) is 4.81. The van der Waals surface area contributed by atoms with Gasteiger partial charge in [0.1, 0.15) is 11.5 Å². The maximum Gasteiger partial charge on any atom is 0.416 e. The molecule has 0 bridgehead atoms. The molecule has 2 amide bonds. The van der Waals surface area contributed by atoms with Crippen molar-refractivity contribution in [1.29, 1.82) is 0 Å². The molecule has 196 valence electrons. The van der Waals surface area contributed by atoms with Crippen LogP contribution in [0.1, 0.15) is 17.4 Å². The van der Waals surface area contributed by atoms with Gasteiger partial charge in [0.25, 0.3) is 0 Å². The highest BCUT2D eigenvalue weighted by molar-refractivity contribution is 6.39. The number of piperazine rings is 1. The summed E-state index contributed by atoms with van der Waals surface area (Å²) in [7, 11) is 1.62. The Labute approximate surface area is 212 Å². The molecular weight excluding hydrogens is 489 g/mol. The molecule has 1 unspecified atom stereocenters. The van der Waals surface area contributed by atoms with Crippen LogP contribution in [-0.4, -0.2) is 56.5 Å². The maximum atomic E-state index is 12.9. The lowest BCUT2D eigenvalue weighted by Crippen LogP contribution is -2.50. The second-order valence-corrected chi connectivity index (χ2v) is 8.49. The van der Waals surface area contributed by atoms with E-state index in [2.05, 4.69) is 20.4 Å². The fourth-order valence-corrected chi connectivity index (χ4v) is 4.21. The number of methoxy groups -OCH3 is 1. The molecule has 1 aromatic heterocycles. The van der Waals surface area contributed by atoms with Crippen LogP contribution in [0.15, 0.2) is 71.3 Å². The number of carbonyl (C=O) groups is 2. The van der Waals surface area contributed by atoms with Gasteiger partial charge in [0, 0.05) is 44.1 Å². The number of furan rings is 1. The first kappa shape index (κ1) is 26.1. The molecule has 0 aliphatic carbocycles. The average molecular weight is 517 g/mol. The number of nitrogens with zero attached hydrogens (tertiary/aromatic N) is 2. The van der Waals surface area contributed by atoms with Crippen LogP contribution in [0.4, 0.5) is 24.5 Å². The van der Waals surface area contributed by atoms with Gasteiger partial charge in [-0.2, -0.15) is 13.2 Å². The first-order chi connectivity index (χ1) is 17.7. The van der Waals surface area contributed by atoms with Crippen molar-refractivity contribution in [3.63, 3.8) is 0 Å². The monoisotopic (exact) mass is 516 g/mol. The number of benzene rings is 2. The fourth-order valence-electron chi connectivity index (χ4n) is 4.21. The number of amides is 2. The molecule has 11 heteroatoms. The number of halogens is 3. The molecule has 4 rings (SSSR count). The van der Waals surface area contributed by atoms with Crippen molar-refractivity contribution in [2.45, 2.75) is 12.2 Å². The number of ether oxygens (including phenoxy) is 1. The van der Waals surface area contributed by atoms with Crippen LogP contribution >= 0.6 is 0 Å². The number of nitrogens with one attached hydrogen (secondary N) is 2. The smallest absolute Gasteiger partial charge is 0.416 e. The third kappa shape index (κ3) is 6.62. The van der Waals surface area contributed by atoms with E-state index in [9.17, 15) is 22.8 Å². The molecular formula is C26H27F3N4O4. The number of carbonyl (C=O) groups excluding carboxylic acids is 2. The summed E-state index contributed by atoms with van der Waals surface area (Å²) in [6.07, 6.45) is -3.02. The summed E-state index contributed by atoms with van der Waals surface area (Å²) in [5.74, 6) is -0.586. The van der Waals surface area contributed by atoms with Crippen LogP contribution in [0, 0.1) is 0 Å².